The van der Waals surface area contributed by atoms with E-state index in [-0.39, 0.29) is 0 Å². The normalized spacial score (nSPS) is 12.7. The van der Waals surface area contributed by atoms with E-state index >= 15 is 0 Å². The minimum Gasteiger partial charge on any atom is -0.0990 e. The molecule has 0 bridgehead atoms. The van der Waals surface area contributed by atoms with Crippen LogP contribution in [0.15, 0.2) is 50.1 Å². The van der Waals surface area contributed by atoms with Crippen LogP contribution in [0.25, 0.3) is 35.1 Å². The molecule has 0 aliphatic carbocycles. The third kappa shape index (κ3) is 2.43. The largest absolute Gasteiger partial charge is 0.0990 e. The number of rotatable bonds is 3. The summed E-state index contributed by atoms with van der Waals surface area (Å²) in [6.45, 7) is 13.5. The van der Waals surface area contributed by atoms with Crippen LogP contribution in [0.4, 0.5) is 0 Å². The SMILES string of the molecule is C=C/C=c1/cc2cc(C=C)c(C=C)cc2c/c1=C/C. The Morgan fingerprint density at radius 1 is 0.789 bits per heavy atom. The van der Waals surface area contributed by atoms with Gasteiger partial charge >= 0.3 is 0 Å². The van der Waals surface area contributed by atoms with Crippen molar-refractivity contribution in [1.29, 1.82) is 0 Å². The maximum Gasteiger partial charge on any atom is -0.0171 e. The standard InChI is InChI=1S/C19H18/c1-5-9-17-13-19-11-15(7-3)14(6-2)10-18(19)12-16(17)8-4/h5-13H,1-3H2,4H3/b16-8-,17-9-. The smallest absolute Gasteiger partial charge is 0.0171 e. The number of fused-ring (bicyclic) bond motifs is 1. The van der Waals surface area contributed by atoms with Crippen molar-refractivity contribution < 1.29 is 0 Å². The van der Waals surface area contributed by atoms with E-state index in [4.69, 9.17) is 0 Å². The maximum absolute atomic E-state index is 3.86. The molecule has 94 valence electrons. The number of hydrogen-bond acceptors (Lipinski definition) is 0. The Morgan fingerprint density at radius 3 is 1.74 bits per heavy atom. The zero-order valence-corrected chi connectivity index (χ0v) is 11.3. The van der Waals surface area contributed by atoms with Crippen LogP contribution in [0.5, 0.6) is 0 Å². The molecule has 0 aliphatic heterocycles. The second-order valence-corrected chi connectivity index (χ2v) is 4.41. The first kappa shape index (κ1) is 13.1. The minimum absolute atomic E-state index is 1.11. The average molecular weight is 246 g/mol. The van der Waals surface area contributed by atoms with Gasteiger partial charge < -0.3 is 0 Å². The Labute approximate surface area is 114 Å². The van der Waals surface area contributed by atoms with Crippen LogP contribution in [0.3, 0.4) is 0 Å². The van der Waals surface area contributed by atoms with Crippen molar-refractivity contribution in [2.24, 2.45) is 0 Å². The van der Waals surface area contributed by atoms with Crippen molar-refractivity contribution in [2.45, 2.75) is 6.92 Å². The lowest BCUT2D eigenvalue weighted by atomic mass is 9.99. The molecule has 0 aromatic heterocycles. The van der Waals surface area contributed by atoms with Gasteiger partial charge in [0.25, 0.3) is 0 Å². The van der Waals surface area contributed by atoms with E-state index in [0.717, 1.165) is 11.1 Å². The molecule has 0 spiro atoms. The van der Waals surface area contributed by atoms with Crippen LogP contribution < -0.4 is 10.4 Å². The van der Waals surface area contributed by atoms with E-state index in [1.165, 1.54) is 21.2 Å². The van der Waals surface area contributed by atoms with Crippen molar-refractivity contribution in [3.05, 3.63) is 71.6 Å². The van der Waals surface area contributed by atoms with Crippen molar-refractivity contribution >= 4 is 35.1 Å². The molecule has 0 unspecified atom stereocenters. The molecule has 0 aliphatic rings. The molecule has 0 N–H and O–H groups in total. The van der Waals surface area contributed by atoms with Crippen LogP contribution in [-0.4, -0.2) is 0 Å². The Morgan fingerprint density at radius 2 is 1.32 bits per heavy atom. The molecule has 2 rings (SSSR count). The first-order valence-corrected chi connectivity index (χ1v) is 6.35. The topological polar surface area (TPSA) is 0 Å². The summed E-state index contributed by atoms with van der Waals surface area (Å²) in [4.78, 5) is 0. The summed E-state index contributed by atoms with van der Waals surface area (Å²) in [5, 5.41) is 4.83. The van der Waals surface area contributed by atoms with Gasteiger partial charge in [-0.05, 0) is 63.5 Å². The molecule has 0 saturated carbocycles. The third-order valence-corrected chi connectivity index (χ3v) is 3.29. The minimum atomic E-state index is 1.11. The van der Waals surface area contributed by atoms with Crippen LogP contribution >= 0.6 is 0 Å². The van der Waals surface area contributed by atoms with Crippen LogP contribution in [-0.2, 0) is 0 Å². The lowest BCUT2D eigenvalue weighted by Crippen LogP contribution is -2.23. The summed E-state index contributed by atoms with van der Waals surface area (Å²) < 4.78 is 0. The number of hydrogen-bond donors (Lipinski definition) is 0. The molecule has 0 heterocycles. The first-order valence-electron chi connectivity index (χ1n) is 6.35. The number of allylic oxidation sites excluding steroid dienone is 1. The number of benzene rings is 2. The molecule has 0 heteroatoms. The zero-order valence-electron chi connectivity index (χ0n) is 11.3. The fourth-order valence-corrected chi connectivity index (χ4v) is 2.29. The first-order chi connectivity index (χ1) is 9.23. The fraction of sp³-hybridized carbons (Fsp3) is 0.0526. The molecule has 0 saturated heterocycles. The molecule has 0 radical (unpaired) electrons. The maximum atomic E-state index is 3.86. The van der Waals surface area contributed by atoms with E-state index in [1.807, 2.05) is 31.2 Å². The lowest BCUT2D eigenvalue weighted by Gasteiger charge is -2.05. The van der Waals surface area contributed by atoms with Crippen molar-refractivity contribution in [2.75, 3.05) is 0 Å². The molecule has 19 heavy (non-hydrogen) atoms. The molecule has 0 atom stereocenters. The summed E-state index contributed by atoms with van der Waals surface area (Å²) in [7, 11) is 0. The monoisotopic (exact) mass is 246 g/mol. The summed E-state index contributed by atoms with van der Waals surface area (Å²) in [6.07, 6.45) is 9.71. The van der Waals surface area contributed by atoms with Crippen molar-refractivity contribution in [3.63, 3.8) is 0 Å². The summed E-state index contributed by atoms with van der Waals surface area (Å²) in [5.41, 5.74) is 2.23. The molecule has 0 amide bonds. The van der Waals surface area contributed by atoms with Crippen LogP contribution in [0, 0.1) is 0 Å². The van der Waals surface area contributed by atoms with Gasteiger partial charge in [-0.15, -0.1) is 0 Å². The molecular weight excluding hydrogens is 228 g/mol. The molecular formula is C19H18. The Balaban J connectivity index is 2.94. The second-order valence-electron chi connectivity index (χ2n) is 4.41. The van der Waals surface area contributed by atoms with E-state index in [1.54, 1.807) is 0 Å². The van der Waals surface area contributed by atoms with Crippen LogP contribution in [0.2, 0.25) is 0 Å². The summed E-state index contributed by atoms with van der Waals surface area (Å²) in [5.74, 6) is 0. The molecule has 0 fully saturated rings. The molecule has 0 nitrogen and oxygen atoms in total. The molecule has 2 aromatic rings. The predicted molar refractivity (Wildman–Crippen MR) is 88.2 cm³/mol. The van der Waals surface area contributed by atoms with Crippen molar-refractivity contribution in [3.8, 4) is 0 Å². The van der Waals surface area contributed by atoms with Gasteiger partial charge in [-0.25, -0.2) is 0 Å². The third-order valence-electron chi connectivity index (χ3n) is 3.29. The Kier molecular flexibility index (Phi) is 3.82. The van der Waals surface area contributed by atoms with Gasteiger partial charge in [-0.3, -0.25) is 0 Å². The second kappa shape index (κ2) is 5.53. The van der Waals surface area contributed by atoms with Gasteiger partial charge in [-0.1, -0.05) is 50.1 Å². The van der Waals surface area contributed by atoms with Gasteiger partial charge in [0, 0.05) is 0 Å². The van der Waals surface area contributed by atoms with Gasteiger partial charge in [0.15, 0.2) is 0 Å². The predicted octanol–water partition coefficient (Wildman–Crippen LogP) is 3.89. The van der Waals surface area contributed by atoms with Gasteiger partial charge in [0.2, 0.25) is 0 Å². The van der Waals surface area contributed by atoms with Crippen molar-refractivity contribution in [1.82, 2.24) is 0 Å². The Hall–Kier alpha value is -2.34. The summed E-state index contributed by atoms with van der Waals surface area (Å²) in [6, 6.07) is 8.69. The van der Waals surface area contributed by atoms with Gasteiger partial charge in [0.05, 0.1) is 0 Å². The molecule has 2 aromatic carbocycles. The highest BCUT2D eigenvalue weighted by atomic mass is 14.0. The average Bonchev–Trinajstić information content (AvgIpc) is 2.45. The van der Waals surface area contributed by atoms with E-state index in [2.05, 4.69) is 50.1 Å². The fourth-order valence-electron chi connectivity index (χ4n) is 2.29. The van der Waals surface area contributed by atoms with E-state index in [0.29, 0.717) is 0 Å². The summed E-state index contributed by atoms with van der Waals surface area (Å²) >= 11 is 0. The van der Waals surface area contributed by atoms with Gasteiger partial charge in [0.1, 0.15) is 0 Å². The van der Waals surface area contributed by atoms with Gasteiger partial charge in [-0.2, -0.15) is 0 Å². The zero-order chi connectivity index (χ0) is 13.8. The highest BCUT2D eigenvalue weighted by molar-refractivity contribution is 5.88. The van der Waals surface area contributed by atoms with E-state index in [9.17, 15) is 0 Å². The highest BCUT2D eigenvalue weighted by Gasteiger charge is 2.00. The Bertz CT molecular complexity index is 774. The quantitative estimate of drug-likeness (QED) is 0.770. The lowest BCUT2D eigenvalue weighted by molar-refractivity contribution is 1.54. The van der Waals surface area contributed by atoms with Crippen LogP contribution in [0.1, 0.15) is 18.1 Å². The highest BCUT2D eigenvalue weighted by Crippen LogP contribution is 2.20. The van der Waals surface area contributed by atoms with E-state index < -0.39 is 0 Å².